The second-order valence-electron chi connectivity index (χ2n) is 6.55. The van der Waals surface area contributed by atoms with Crippen LogP contribution in [0.15, 0.2) is 18.2 Å². The molecule has 2 heterocycles. The number of nitrogens with one attached hydrogen (secondary N) is 1. The van der Waals surface area contributed by atoms with Crippen molar-refractivity contribution in [1.82, 2.24) is 15.2 Å². The Morgan fingerprint density at radius 2 is 2.13 bits per heavy atom. The van der Waals surface area contributed by atoms with Crippen LogP contribution in [-0.2, 0) is 16.8 Å². The number of aromatic amines is 1. The summed E-state index contributed by atoms with van der Waals surface area (Å²) in [6.45, 7) is 3.90. The van der Waals surface area contributed by atoms with Crippen LogP contribution in [0.5, 0.6) is 0 Å². The van der Waals surface area contributed by atoms with Crippen molar-refractivity contribution in [3.05, 3.63) is 46.5 Å². The van der Waals surface area contributed by atoms with Crippen LogP contribution in [0.1, 0.15) is 47.6 Å². The van der Waals surface area contributed by atoms with Crippen molar-refractivity contribution in [2.75, 3.05) is 0 Å². The summed E-state index contributed by atoms with van der Waals surface area (Å²) in [6.07, 6.45) is 1.72. The van der Waals surface area contributed by atoms with E-state index in [1.54, 1.807) is 0 Å². The fraction of sp³-hybridized carbons (Fsp3) is 0.471. The Balaban J connectivity index is 1.87. The molecule has 6 nitrogen and oxygen atoms in total. The molecular weight excluding hydrogens is 294 g/mol. The largest absolute Gasteiger partial charge is 0.481 e. The summed E-state index contributed by atoms with van der Waals surface area (Å²) in [6, 6.07) is 5.79. The molecule has 2 atom stereocenters. The zero-order valence-electron chi connectivity index (χ0n) is 13.3. The molecule has 23 heavy (non-hydrogen) atoms. The molecule has 3 rings (SSSR count). The zero-order valence-corrected chi connectivity index (χ0v) is 13.3. The van der Waals surface area contributed by atoms with Gasteiger partial charge in [0.05, 0.1) is 17.3 Å². The predicted octanol–water partition coefficient (Wildman–Crippen LogP) is 2.08. The first-order valence-electron chi connectivity index (χ1n) is 7.80. The summed E-state index contributed by atoms with van der Waals surface area (Å²) >= 11 is 0. The smallest absolute Gasteiger partial charge is 0.306 e. The molecule has 6 heteroatoms. The van der Waals surface area contributed by atoms with E-state index < -0.39 is 17.5 Å². The maximum atomic E-state index is 11.2. The van der Waals surface area contributed by atoms with Gasteiger partial charge in [-0.05, 0) is 56.9 Å². The van der Waals surface area contributed by atoms with E-state index in [-0.39, 0.29) is 6.42 Å². The summed E-state index contributed by atoms with van der Waals surface area (Å²) < 4.78 is 0. The lowest BCUT2D eigenvalue weighted by Crippen LogP contribution is -2.25. The number of carboxylic acid groups (broad SMARTS) is 1. The normalized spacial score (nSPS) is 24.0. The van der Waals surface area contributed by atoms with Gasteiger partial charge in [0.2, 0.25) is 0 Å². The van der Waals surface area contributed by atoms with Gasteiger partial charge in [-0.15, -0.1) is 0 Å². The summed E-state index contributed by atoms with van der Waals surface area (Å²) in [5.74, 6) is -1.35. The average molecular weight is 315 g/mol. The molecule has 122 valence electrons. The molecule has 3 N–H and O–H groups in total. The number of hydrogen-bond acceptors (Lipinski definition) is 4. The van der Waals surface area contributed by atoms with Crippen LogP contribution in [0.25, 0.3) is 0 Å². The van der Waals surface area contributed by atoms with Gasteiger partial charge in [-0.1, -0.05) is 0 Å². The number of nitrogens with zero attached hydrogens (tertiary/aromatic N) is 2. The molecule has 0 radical (unpaired) electrons. The van der Waals surface area contributed by atoms with Crippen molar-refractivity contribution in [2.24, 2.45) is 5.92 Å². The van der Waals surface area contributed by atoms with Crippen LogP contribution in [0.3, 0.4) is 0 Å². The minimum Gasteiger partial charge on any atom is -0.481 e. The maximum absolute atomic E-state index is 11.2. The molecule has 0 aromatic carbocycles. The number of H-pyrrole nitrogens is 1. The quantitative estimate of drug-likeness (QED) is 0.802. The van der Waals surface area contributed by atoms with Crippen molar-refractivity contribution in [2.45, 2.75) is 45.1 Å². The van der Waals surface area contributed by atoms with Gasteiger partial charge in [-0.2, -0.15) is 5.10 Å². The fourth-order valence-electron chi connectivity index (χ4n) is 3.29. The van der Waals surface area contributed by atoms with Gasteiger partial charge in [-0.25, -0.2) is 0 Å². The number of carboxylic acids is 1. The van der Waals surface area contributed by atoms with Gasteiger partial charge in [0, 0.05) is 17.8 Å². The van der Waals surface area contributed by atoms with Gasteiger partial charge in [0.15, 0.2) is 0 Å². The third-order valence-electron chi connectivity index (χ3n) is 4.46. The van der Waals surface area contributed by atoms with E-state index >= 15 is 0 Å². The second kappa shape index (κ2) is 5.77. The Morgan fingerprint density at radius 3 is 2.74 bits per heavy atom. The van der Waals surface area contributed by atoms with Crippen LogP contribution < -0.4 is 0 Å². The lowest BCUT2D eigenvalue weighted by molar-refractivity contribution is -0.142. The Labute approximate surface area is 134 Å². The maximum Gasteiger partial charge on any atom is 0.306 e. The minimum absolute atomic E-state index is 0.222. The highest BCUT2D eigenvalue weighted by Gasteiger charge is 2.43. The first kappa shape index (κ1) is 15.7. The molecule has 1 fully saturated rings. The van der Waals surface area contributed by atoms with Crippen molar-refractivity contribution in [3.8, 4) is 0 Å². The molecule has 1 aliphatic rings. The lowest BCUT2D eigenvalue weighted by Gasteiger charge is -2.23. The molecular formula is C17H21N3O3. The molecule has 1 aliphatic carbocycles. The van der Waals surface area contributed by atoms with Gasteiger partial charge in [-0.3, -0.25) is 14.9 Å². The van der Waals surface area contributed by atoms with E-state index in [0.717, 1.165) is 22.6 Å². The van der Waals surface area contributed by atoms with Crippen LogP contribution in [0, 0.1) is 19.8 Å². The molecule has 0 amide bonds. The Morgan fingerprint density at radius 1 is 1.35 bits per heavy atom. The third-order valence-corrected chi connectivity index (χ3v) is 4.46. The Bertz CT molecular complexity index is 740. The summed E-state index contributed by atoms with van der Waals surface area (Å²) in [4.78, 5) is 15.7. The first-order chi connectivity index (χ1) is 10.9. The minimum atomic E-state index is -1.15. The molecule has 2 aromatic rings. The van der Waals surface area contributed by atoms with Gasteiger partial charge < -0.3 is 10.2 Å². The lowest BCUT2D eigenvalue weighted by atomic mass is 9.94. The molecule has 1 saturated carbocycles. The fourth-order valence-corrected chi connectivity index (χ4v) is 3.29. The highest BCUT2D eigenvalue weighted by atomic mass is 16.4. The number of aliphatic hydroxyl groups is 1. The summed E-state index contributed by atoms with van der Waals surface area (Å²) in [7, 11) is 0. The average Bonchev–Trinajstić information content (AvgIpc) is 3.06. The van der Waals surface area contributed by atoms with Crippen molar-refractivity contribution < 1.29 is 15.0 Å². The molecule has 2 aromatic heterocycles. The standard InChI is InChI=1S/C17H21N3O3/c1-10-5-13(8-14-7-11(2)19-20-14)18-15(6-10)17(23)4-3-12(9-17)16(21)22/h5-7,12,23H,3-4,8-9H2,1-2H3,(H,19,20)(H,21,22)/t12-,17+/m1/s1. The topological polar surface area (TPSA) is 99.1 Å². The van der Waals surface area contributed by atoms with Crippen molar-refractivity contribution >= 4 is 5.97 Å². The molecule has 0 saturated heterocycles. The van der Waals surface area contributed by atoms with Crippen LogP contribution in [-0.4, -0.2) is 31.4 Å². The first-order valence-corrected chi connectivity index (χ1v) is 7.80. The second-order valence-corrected chi connectivity index (χ2v) is 6.55. The van der Waals surface area contributed by atoms with E-state index in [9.17, 15) is 9.90 Å². The number of rotatable bonds is 4. The van der Waals surface area contributed by atoms with E-state index in [1.807, 2.05) is 32.0 Å². The van der Waals surface area contributed by atoms with E-state index in [2.05, 4.69) is 15.2 Å². The third kappa shape index (κ3) is 3.27. The van der Waals surface area contributed by atoms with Crippen LogP contribution >= 0.6 is 0 Å². The number of carbonyl (C=O) groups is 1. The Hall–Kier alpha value is -2.21. The SMILES string of the molecule is Cc1cc(Cc2cc(C)[nH]n2)nc([C@]2(O)CC[C@@H](C(=O)O)C2)c1. The van der Waals surface area contributed by atoms with Gasteiger partial charge in [0.25, 0.3) is 0 Å². The highest BCUT2D eigenvalue weighted by Crippen LogP contribution is 2.41. The highest BCUT2D eigenvalue weighted by molar-refractivity contribution is 5.70. The van der Waals surface area contributed by atoms with Gasteiger partial charge >= 0.3 is 5.97 Å². The van der Waals surface area contributed by atoms with E-state index in [4.69, 9.17) is 5.11 Å². The van der Waals surface area contributed by atoms with E-state index in [0.29, 0.717) is 25.0 Å². The number of pyridine rings is 1. The van der Waals surface area contributed by atoms with Crippen molar-refractivity contribution in [3.63, 3.8) is 0 Å². The van der Waals surface area contributed by atoms with Gasteiger partial charge in [0.1, 0.15) is 5.60 Å². The Kier molecular flexibility index (Phi) is 3.93. The number of aromatic nitrogens is 3. The predicted molar refractivity (Wildman–Crippen MR) is 84.0 cm³/mol. The number of hydrogen-bond donors (Lipinski definition) is 3. The van der Waals surface area contributed by atoms with Crippen molar-refractivity contribution in [1.29, 1.82) is 0 Å². The van der Waals surface area contributed by atoms with E-state index in [1.165, 1.54) is 0 Å². The van der Waals surface area contributed by atoms with Crippen LogP contribution in [0.2, 0.25) is 0 Å². The summed E-state index contributed by atoms with van der Waals surface area (Å²) in [5, 5.41) is 27.1. The zero-order chi connectivity index (χ0) is 16.6. The monoisotopic (exact) mass is 315 g/mol. The number of aryl methyl sites for hydroxylation is 2. The molecule has 0 aliphatic heterocycles. The molecule has 0 unspecified atom stereocenters. The molecule has 0 bridgehead atoms. The summed E-state index contributed by atoms with van der Waals surface area (Å²) in [5.41, 5.74) is 3.15. The van der Waals surface area contributed by atoms with Crippen LogP contribution in [0.4, 0.5) is 0 Å². The number of aliphatic carboxylic acids is 1. The molecule has 0 spiro atoms.